The van der Waals surface area contributed by atoms with Crippen molar-refractivity contribution < 1.29 is 22.7 Å². The summed E-state index contributed by atoms with van der Waals surface area (Å²) in [6.07, 6.45) is 1.75. The Hall–Kier alpha value is -2.74. The molecule has 0 aliphatic rings. The van der Waals surface area contributed by atoms with Gasteiger partial charge in [-0.05, 0) is 51.0 Å². The molecule has 0 aromatic heterocycles. The number of aryl methyl sites for hydroxylation is 2. The van der Waals surface area contributed by atoms with Crippen molar-refractivity contribution in [1.29, 1.82) is 0 Å². The molecule has 0 aliphatic carbocycles. The summed E-state index contributed by atoms with van der Waals surface area (Å²) in [5, 5.41) is 2.81. The number of sulfonamides is 1. The van der Waals surface area contributed by atoms with Crippen LogP contribution >= 0.6 is 0 Å². The molecule has 2 aromatic carbocycles. The monoisotopic (exact) mass is 448 g/mol. The zero-order chi connectivity index (χ0) is 22.9. The van der Waals surface area contributed by atoms with E-state index in [1.807, 2.05) is 39.0 Å². The van der Waals surface area contributed by atoms with Gasteiger partial charge in [-0.15, -0.1) is 0 Å². The van der Waals surface area contributed by atoms with E-state index in [4.69, 9.17) is 9.47 Å². The Kier molecular flexibility index (Phi) is 9.18. The molecule has 0 saturated carbocycles. The van der Waals surface area contributed by atoms with Crippen molar-refractivity contribution in [3.8, 4) is 11.5 Å². The van der Waals surface area contributed by atoms with Crippen LogP contribution in [0.15, 0.2) is 42.5 Å². The van der Waals surface area contributed by atoms with E-state index in [1.165, 1.54) is 9.87 Å². The Bertz CT molecular complexity index is 976. The van der Waals surface area contributed by atoms with Gasteiger partial charge in [0, 0.05) is 13.0 Å². The third-order valence-electron chi connectivity index (χ3n) is 4.61. The first kappa shape index (κ1) is 24.5. The lowest BCUT2D eigenvalue weighted by atomic mass is 10.1. The van der Waals surface area contributed by atoms with Gasteiger partial charge in [0.1, 0.15) is 18.1 Å². The maximum atomic E-state index is 12.3. The standard InChI is InChI=1S/C23H32N2O5S/c1-5-29-22-10-7-6-9-20(22)25(31(4,27)28)15-8-11-23(26)24-14-16-30-21-13-12-18(2)17-19(21)3/h6-7,9-10,12-13,17H,5,8,11,14-16H2,1-4H3,(H,24,26). The summed E-state index contributed by atoms with van der Waals surface area (Å²) >= 11 is 0. The molecule has 0 fully saturated rings. The van der Waals surface area contributed by atoms with Gasteiger partial charge in [-0.1, -0.05) is 29.8 Å². The number of hydrogen-bond acceptors (Lipinski definition) is 5. The van der Waals surface area contributed by atoms with E-state index in [9.17, 15) is 13.2 Å². The van der Waals surface area contributed by atoms with Crippen molar-refractivity contribution in [2.24, 2.45) is 0 Å². The van der Waals surface area contributed by atoms with Gasteiger partial charge in [-0.25, -0.2) is 8.42 Å². The van der Waals surface area contributed by atoms with Crippen LogP contribution in [0.5, 0.6) is 11.5 Å². The topological polar surface area (TPSA) is 84.9 Å². The highest BCUT2D eigenvalue weighted by Crippen LogP contribution is 2.30. The third kappa shape index (κ3) is 7.79. The lowest BCUT2D eigenvalue weighted by Gasteiger charge is -2.24. The largest absolute Gasteiger partial charge is 0.492 e. The zero-order valence-corrected chi connectivity index (χ0v) is 19.5. The quantitative estimate of drug-likeness (QED) is 0.503. The molecule has 0 spiro atoms. The van der Waals surface area contributed by atoms with Crippen molar-refractivity contribution in [2.45, 2.75) is 33.6 Å². The van der Waals surface area contributed by atoms with E-state index in [0.717, 1.165) is 17.6 Å². The van der Waals surface area contributed by atoms with Gasteiger partial charge in [-0.2, -0.15) is 0 Å². The number of nitrogens with one attached hydrogen (secondary N) is 1. The molecule has 7 nitrogen and oxygen atoms in total. The number of carbonyl (C=O) groups excluding carboxylic acids is 1. The maximum Gasteiger partial charge on any atom is 0.232 e. The number of para-hydroxylation sites is 2. The van der Waals surface area contributed by atoms with Crippen molar-refractivity contribution in [3.63, 3.8) is 0 Å². The molecule has 1 amide bonds. The number of rotatable bonds is 12. The number of amides is 1. The summed E-state index contributed by atoms with van der Waals surface area (Å²) < 4.78 is 37.2. The molecule has 2 rings (SSSR count). The van der Waals surface area contributed by atoms with E-state index in [1.54, 1.807) is 24.3 Å². The minimum absolute atomic E-state index is 0.143. The lowest BCUT2D eigenvalue weighted by Crippen LogP contribution is -2.33. The van der Waals surface area contributed by atoms with Gasteiger partial charge in [0.25, 0.3) is 0 Å². The molecule has 170 valence electrons. The van der Waals surface area contributed by atoms with Crippen LogP contribution < -0.4 is 19.1 Å². The van der Waals surface area contributed by atoms with E-state index in [2.05, 4.69) is 5.32 Å². The molecule has 31 heavy (non-hydrogen) atoms. The molecule has 2 aromatic rings. The zero-order valence-electron chi connectivity index (χ0n) is 18.7. The fraction of sp³-hybridized carbons (Fsp3) is 0.435. The second-order valence-electron chi connectivity index (χ2n) is 7.31. The summed E-state index contributed by atoms with van der Waals surface area (Å²) in [5.41, 5.74) is 2.71. The fourth-order valence-electron chi connectivity index (χ4n) is 3.19. The van der Waals surface area contributed by atoms with Gasteiger partial charge >= 0.3 is 0 Å². The fourth-order valence-corrected chi connectivity index (χ4v) is 4.16. The van der Waals surface area contributed by atoms with Gasteiger partial charge in [0.2, 0.25) is 15.9 Å². The van der Waals surface area contributed by atoms with Crippen LogP contribution in [-0.4, -0.2) is 46.9 Å². The summed E-state index contributed by atoms with van der Waals surface area (Å²) in [7, 11) is -3.51. The number of carbonyl (C=O) groups is 1. The highest BCUT2D eigenvalue weighted by molar-refractivity contribution is 7.92. The normalized spacial score (nSPS) is 11.1. The third-order valence-corrected chi connectivity index (χ3v) is 5.79. The van der Waals surface area contributed by atoms with E-state index >= 15 is 0 Å². The van der Waals surface area contributed by atoms with Crippen LogP contribution in [0.1, 0.15) is 30.9 Å². The van der Waals surface area contributed by atoms with Crippen molar-refractivity contribution in [1.82, 2.24) is 5.32 Å². The van der Waals surface area contributed by atoms with Crippen LogP contribution in [-0.2, 0) is 14.8 Å². The smallest absolute Gasteiger partial charge is 0.232 e. The van der Waals surface area contributed by atoms with Gasteiger partial charge in [-0.3, -0.25) is 9.10 Å². The maximum absolute atomic E-state index is 12.3. The van der Waals surface area contributed by atoms with Crippen LogP contribution in [0, 0.1) is 13.8 Å². The average Bonchev–Trinajstić information content (AvgIpc) is 2.70. The highest BCUT2D eigenvalue weighted by atomic mass is 32.2. The predicted molar refractivity (Wildman–Crippen MR) is 123 cm³/mol. The van der Waals surface area contributed by atoms with Gasteiger partial charge in [0.15, 0.2) is 0 Å². The Labute approximate surface area is 185 Å². The summed E-state index contributed by atoms with van der Waals surface area (Å²) in [6.45, 7) is 7.23. The second kappa shape index (κ2) is 11.6. The van der Waals surface area contributed by atoms with Crippen molar-refractivity contribution in [3.05, 3.63) is 53.6 Å². The first-order valence-electron chi connectivity index (χ1n) is 10.4. The summed E-state index contributed by atoms with van der Waals surface area (Å²) in [5.74, 6) is 1.16. The molecule has 0 aliphatic heterocycles. The minimum Gasteiger partial charge on any atom is -0.492 e. The SMILES string of the molecule is CCOc1ccccc1N(CCCC(=O)NCCOc1ccc(C)cc1C)S(C)(=O)=O. The average molecular weight is 449 g/mol. The number of hydrogen-bond donors (Lipinski definition) is 1. The Morgan fingerprint density at radius 2 is 1.81 bits per heavy atom. The summed E-state index contributed by atoms with van der Waals surface area (Å²) in [4.78, 5) is 12.1. The predicted octanol–water partition coefficient (Wildman–Crippen LogP) is 3.44. The molecular formula is C23H32N2O5S. The number of benzene rings is 2. The molecule has 0 radical (unpaired) electrons. The van der Waals surface area contributed by atoms with Gasteiger partial charge < -0.3 is 14.8 Å². The molecule has 0 saturated heterocycles. The van der Waals surface area contributed by atoms with Crippen LogP contribution in [0.3, 0.4) is 0 Å². The second-order valence-corrected chi connectivity index (χ2v) is 9.21. The van der Waals surface area contributed by atoms with Gasteiger partial charge in [0.05, 0.1) is 25.1 Å². The first-order valence-corrected chi connectivity index (χ1v) is 12.2. The number of ether oxygens (including phenoxy) is 2. The Morgan fingerprint density at radius 3 is 2.48 bits per heavy atom. The summed E-state index contributed by atoms with van der Waals surface area (Å²) in [6, 6.07) is 13.0. The van der Waals surface area contributed by atoms with E-state index in [0.29, 0.717) is 37.6 Å². The molecule has 1 N–H and O–H groups in total. The molecule has 0 heterocycles. The van der Waals surface area contributed by atoms with Crippen molar-refractivity contribution >= 4 is 21.6 Å². The molecule has 0 atom stereocenters. The molecule has 8 heteroatoms. The molecular weight excluding hydrogens is 416 g/mol. The molecule has 0 unspecified atom stereocenters. The van der Waals surface area contributed by atoms with Crippen molar-refractivity contribution in [2.75, 3.05) is 36.9 Å². The minimum atomic E-state index is -3.51. The lowest BCUT2D eigenvalue weighted by molar-refractivity contribution is -0.121. The van der Waals surface area contributed by atoms with Crippen LogP contribution in [0.4, 0.5) is 5.69 Å². The Morgan fingerprint density at radius 1 is 1.06 bits per heavy atom. The Balaban J connectivity index is 1.82. The molecule has 0 bridgehead atoms. The van der Waals surface area contributed by atoms with Crippen LogP contribution in [0.25, 0.3) is 0 Å². The highest BCUT2D eigenvalue weighted by Gasteiger charge is 2.21. The van der Waals surface area contributed by atoms with E-state index in [-0.39, 0.29) is 18.9 Å². The van der Waals surface area contributed by atoms with Crippen LogP contribution in [0.2, 0.25) is 0 Å². The number of nitrogens with zero attached hydrogens (tertiary/aromatic N) is 1. The first-order chi connectivity index (χ1) is 14.7. The number of anilines is 1. The van der Waals surface area contributed by atoms with E-state index < -0.39 is 10.0 Å².